The van der Waals surface area contributed by atoms with Gasteiger partial charge in [0.25, 0.3) is 0 Å². The van der Waals surface area contributed by atoms with Gasteiger partial charge in [-0.05, 0) is 64.2 Å². The summed E-state index contributed by atoms with van der Waals surface area (Å²) in [5.74, 6) is 0.328. The van der Waals surface area contributed by atoms with E-state index in [-0.39, 0.29) is 18.1 Å². The molecule has 0 aliphatic heterocycles. The van der Waals surface area contributed by atoms with Crippen LogP contribution in [0.5, 0.6) is 0 Å². The summed E-state index contributed by atoms with van der Waals surface area (Å²) in [6.07, 6.45) is 10.7. The first-order chi connectivity index (χ1) is 13.5. The topological polar surface area (TPSA) is 67.8 Å². The average molecular weight is 414 g/mol. The highest BCUT2D eigenvalue weighted by Crippen LogP contribution is 2.41. The first-order valence-corrected chi connectivity index (χ1v) is 11.8. The quantitative estimate of drug-likeness (QED) is 0.395. The standard InChI is InChI=1S/C24H47NO4/c1-7-8-9-10-11-12-15-28-21-13-14-24(5,6)17-19(21)16-20(26)18-25-22(27)29-23(2,3)4/h19-21,26H,7-18H2,1-6H3,(H,25,27)/t19-,20?,21-/m1/s1. The Morgan fingerprint density at radius 1 is 1.17 bits per heavy atom. The number of carbonyl (C=O) groups is 1. The number of aliphatic hydroxyl groups excluding tert-OH is 1. The number of hydrogen-bond acceptors (Lipinski definition) is 4. The maximum absolute atomic E-state index is 11.8. The Bertz CT molecular complexity index is 458. The molecule has 5 heteroatoms. The lowest BCUT2D eigenvalue weighted by Crippen LogP contribution is -2.41. The summed E-state index contributed by atoms with van der Waals surface area (Å²) in [6.45, 7) is 13.4. The summed E-state index contributed by atoms with van der Waals surface area (Å²) < 4.78 is 11.5. The van der Waals surface area contributed by atoms with Crippen molar-refractivity contribution in [2.24, 2.45) is 11.3 Å². The summed E-state index contributed by atoms with van der Waals surface area (Å²) in [7, 11) is 0. The summed E-state index contributed by atoms with van der Waals surface area (Å²) in [5, 5.41) is 13.2. The van der Waals surface area contributed by atoms with E-state index in [0.717, 1.165) is 32.3 Å². The van der Waals surface area contributed by atoms with Crippen molar-refractivity contribution in [1.29, 1.82) is 0 Å². The highest BCUT2D eigenvalue weighted by atomic mass is 16.6. The first kappa shape index (κ1) is 26.2. The Labute approximate surface area is 179 Å². The highest BCUT2D eigenvalue weighted by molar-refractivity contribution is 5.67. The Morgan fingerprint density at radius 3 is 2.48 bits per heavy atom. The van der Waals surface area contributed by atoms with Crippen LogP contribution in [0, 0.1) is 11.3 Å². The second-order valence-electron chi connectivity index (χ2n) is 10.6. The van der Waals surface area contributed by atoms with E-state index in [0.29, 0.717) is 12.3 Å². The van der Waals surface area contributed by atoms with Crippen molar-refractivity contribution in [2.45, 2.75) is 124 Å². The third-order valence-corrected chi connectivity index (χ3v) is 5.73. The van der Waals surface area contributed by atoms with Crippen LogP contribution in [0.25, 0.3) is 0 Å². The van der Waals surface area contributed by atoms with Crippen molar-refractivity contribution in [3.63, 3.8) is 0 Å². The van der Waals surface area contributed by atoms with Gasteiger partial charge in [0, 0.05) is 13.2 Å². The van der Waals surface area contributed by atoms with Crippen molar-refractivity contribution >= 4 is 6.09 Å². The predicted molar refractivity (Wildman–Crippen MR) is 119 cm³/mol. The molecule has 0 heterocycles. The van der Waals surface area contributed by atoms with E-state index in [1.165, 1.54) is 32.1 Å². The van der Waals surface area contributed by atoms with Gasteiger partial charge in [-0.1, -0.05) is 52.9 Å². The lowest BCUT2D eigenvalue weighted by Gasteiger charge is -2.41. The molecule has 1 amide bonds. The molecule has 2 N–H and O–H groups in total. The molecular weight excluding hydrogens is 366 g/mol. The maximum atomic E-state index is 11.8. The molecule has 1 aliphatic rings. The smallest absolute Gasteiger partial charge is 0.407 e. The molecule has 3 atom stereocenters. The molecule has 1 fully saturated rings. The van der Waals surface area contributed by atoms with Crippen LogP contribution < -0.4 is 5.32 Å². The molecule has 5 nitrogen and oxygen atoms in total. The molecular formula is C24H47NO4. The van der Waals surface area contributed by atoms with E-state index in [9.17, 15) is 9.90 Å². The first-order valence-electron chi connectivity index (χ1n) is 11.8. The zero-order valence-corrected chi connectivity index (χ0v) is 19.9. The van der Waals surface area contributed by atoms with Crippen molar-refractivity contribution in [1.82, 2.24) is 5.32 Å². The summed E-state index contributed by atoms with van der Waals surface area (Å²) >= 11 is 0. The number of aliphatic hydroxyl groups is 1. The number of carbonyl (C=O) groups excluding carboxylic acids is 1. The van der Waals surface area contributed by atoms with Crippen LogP contribution in [0.2, 0.25) is 0 Å². The Kier molecular flexibility index (Phi) is 11.6. The monoisotopic (exact) mass is 413 g/mol. The zero-order valence-electron chi connectivity index (χ0n) is 19.9. The van der Waals surface area contributed by atoms with Gasteiger partial charge in [0.2, 0.25) is 0 Å². The van der Waals surface area contributed by atoms with Crippen molar-refractivity contribution in [2.75, 3.05) is 13.2 Å². The number of amides is 1. The third kappa shape index (κ3) is 12.5. The Hall–Kier alpha value is -0.810. The molecule has 29 heavy (non-hydrogen) atoms. The van der Waals surface area contributed by atoms with Gasteiger partial charge >= 0.3 is 6.09 Å². The van der Waals surface area contributed by atoms with Crippen LogP contribution in [0.15, 0.2) is 0 Å². The second-order valence-corrected chi connectivity index (χ2v) is 10.6. The van der Waals surface area contributed by atoms with E-state index in [1.807, 2.05) is 20.8 Å². The number of ether oxygens (including phenoxy) is 2. The fraction of sp³-hybridized carbons (Fsp3) is 0.958. The minimum Gasteiger partial charge on any atom is -0.444 e. The molecule has 0 aromatic heterocycles. The molecule has 1 unspecified atom stereocenters. The van der Waals surface area contributed by atoms with Crippen molar-refractivity contribution in [3.8, 4) is 0 Å². The van der Waals surface area contributed by atoms with Crippen LogP contribution in [0.1, 0.15) is 106 Å². The van der Waals surface area contributed by atoms with E-state index < -0.39 is 17.8 Å². The Morgan fingerprint density at radius 2 is 1.83 bits per heavy atom. The molecule has 0 aromatic rings. The van der Waals surface area contributed by atoms with Crippen molar-refractivity contribution in [3.05, 3.63) is 0 Å². The number of nitrogens with one attached hydrogen (secondary N) is 1. The van der Waals surface area contributed by atoms with Gasteiger partial charge in [0.1, 0.15) is 5.60 Å². The predicted octanol–water partition coefficient (Wildman–Crippen LogP) is 5.83. The fourth-order valence-electron chi connectivity index (χ4n) is 4.23. The maximum Gasteiger partial charge on any atom is 0.407 e. The van der Waals surface area contributed by atoms with E-state index in [4.69, 9.17) is 9.47 Å². The third-order valence-electron chi connectivity index (χ3n) is 5.73. The minimum atomic E-state index is -0.582. The van der Waals surface area contributed by atoms with E-state index >= 15 is 0 Å². The lowest BCUT2D eigenvalue weighted by atomic mass is 9.69. The molecule has 172 valence electrons. The number of hydrogen-bond donors (Lipinski definition) is 2. The molecule has 0 bridgehead atoms. The molecule has 0 saturated heterocycles. The molecule has 1 aliphatic carbocycles. The van der Waals surface area contributed by atoms with Gasteiger partial charge in [0.15, 0.2) is 0 Å². The zero-order chi connectivity index (χ0) is 21.9. The van der Waals surface area contributed by atoms with Gasteiger partial charge < -0.3 is 19.9 Å². The molecule has 1 rings (SSSR count). The lowest BCUT2D eigenvalue weighted by molar-refractivity contribution is -0.0535. The SMILES string of the molecule is CCCCCCCCO[C@@H]1CCC(C)(C)C[C@H]1CC(O)CNC(=O)OC(C)(C)C. The van der Waals surface area contributed by atoms with Crippen LogP contribution in [-0.2, 0) is 9.47 Å². The molecule has 0 radical (unpaired) electrons. The fourth-order valence-corrected chi connectivity index (χ4v) is 4.23. The van der Waals surface area contributed by atoms with Gasteiger partial charge in [-0.15, -0.1) is 0 Å². The summed E-state index contributed by atoms with van der Waals surface area (Å²) in [5.41, 5.74) is -0.249. The average Bonchev–Trinajstić information content (AvgIpc) is 2.59. The molecule has 0 spiro atoms. The normalized spacial score (nSPS) is 22.9. The van der Waals surface area contributed by atoms with E-state index in [1.54, 1.807) is 0 Å². The van der Waals surface area contributed by atoms with Crippen LogP contribution in [0.4, 0.5) is 4.79 Å². The summed E-state index contributed by atoms with van der Waals surface area (Å²) in [4.78, 5) is 11.8. The van der Waals surface area contributed by atoms with E-state index in [2.05, 4.69) is 26.1 Å². The number of rotatable bonds is 12. The largest absolute Gasteiger partial charge is 0.444 e. The van der Waals surface area contributed by atoms with Crippen LogP contribution >= 0.6 is 0 Å². The highest BCUT2D eigenvalue weighted by Gasteiger charge is 2.36. The van der Waals surface area contributed by atoms with Crippen LogP contribution in [-0.4, -0.2) is 42.2 Å². The Balaban J connectivity index is 2.40. The van der Waals surface area contributed by atoms with Gasteiger partial charge in [-0.25, -0.2) is 4.79 Å². The van der Waals surface area contributed by atoms with Gasteiger partial charge in [-0.2, -0.15) is 0 Å². The number of unbranched alkanes of at least 4 members (excludes halogenated alkanes) is 5. The molecule has 0 aromatic carbocycles. The molecule has 1 saturated carbocycles. The number of alkyl carbamates (subject to hydrolysis) is 1. The van der Waals surface area contributed by atoms with Gasteiger partial charge in [0.05, 0.1) is 12.2 Å². The van der Waals surface area contributed by atoms with Crippen LogP contribution in [0.3, 0.4) is 0 Å². The minimum absolute atomic E-state index is 0.217. The van der Waals surface area contributed by atoms with Crippen molar-refractivity contribution < 1.29 is 19.4 Å². The summed E-state index contributed by atoms with van der Waals surface area (Å²) in [6, 6.07) is 0. The van der Waals surface area contributed by atoms with Gasteiger partial charge in [-0.3, -0.25) is 0 Å². The second kappa shape index (κ2) is 12.8.